The highest BCUT2D eigenvalue weighted by atomic mass is 29.5. The summed E-state index contributed by atoms with van der Waals surface area (Å²) in [6, 6.07) is 0. The second kappa shape index (κ2) is 3.54. The Labute approximate surface area is 44.6 Å². The minimum absolute atomic E-state index is 0.0536. The van der Waals surface area contributed by atoms with Crippen molar-refractivity contribution < 1.29 is 4.80 Å². The molecule has 36 valence electrons. The molecule has 0 aliphatic carbocycles. The minimum Gasteiger partial charge on any atom is -0.434 e. The van der Waals surface area contributed by atoms with Crippen LogP contribution in [0.2, 0.25) is 0 Å². The average molecular weight is 134 g/mol. The first-order valence-electron chi connectivity index (χ1n) is 2.12. The van der Waals surface area contributed by atoms with Crippen molar-refractivity contribution in [2.24, 2.45) is 0 Å². The van der Waals surface area contributed by atoms with Crippen molar-refractivity contribution >= 4 is 26.9 Å². The van der Waals surface area contributed by atoms with Crippen molar-refractivity contribution in [2.45, 2.75) is 0 Å². The maximum absolute atomic E-state index is 8.78. The maximum atomic E-state index is 8.78. The zero-order valence-corrected chi connectivity index (χ0v) is 8.59. The molecule has 1 nitrogen and oxygen atoms in total. The molecule has 1 N–H and O–H groups in total. The molecule has 0 rings (SSSR count). The van der Waals surface area contributed by atoms with Gasteiger partial charge in [0.2, 0.25) is 0 Å². The van der Waals surface area contributed by atoms with Crippen LogP contribution in [0.15, 0.2) is 12.3 Å². The number of hydrogen-bond donors (Lipinski definition) is 1. The topological polar surface area (TPSA) is 20.2 Å². The zero-order valence-electron chi connectivity index (χ0n) is 4.02. The highest BCUT2D eigenvalue weighted by Gasteiger charge is 1.91. The van der Waals surface area contributed by atoms with E-state index in [4.69, 9.17) is 4.80 Å². The lowest BCUT2D eigenvalue weighted by Gasteiger charge is -1.89. The monoisotopic (exact) mass is 134 g/mol. The molecule has 0 aromatic rings. The summed E-state index contributed by atoms with van der Waals surface area (Å²) in [6.07, 6.45) is 0. The lowest BCUT2D eigenvalue weighted by atomic mass is 11.3. The predicted molar refractivity (Wildman–Crippen MR) is 38.0 cm³/mol. The second-order valence-corrected chi connectivity index (χ2v) is 15.9. The molecule has 0 aromatic heterocycles. The summed E-state index contributed by atoms with van der Waals surface area (Å²) in [5.74, 6) is 0. The fourth-order valence-electron chi connectivity index (χ4n) is 0.167. The van der Waals surface area contributed by atoms with Crippen LogP contribution in [0.1, 0.15) is 0 Å². The van der Waals surface area contributed by atoms with Gasteiger partial charge >= 0.3 is 0 Å². The van der Waals surface area contributed by atoms with E-state index in [1.165, 1.54) is 9.76 Å². The molecule has 0 spiro atoms. The van der Waals surface area contributed by atoms with Gasteiger partial charge in [-0.2, -0.15) is 0 Å². The van der Waals surface area contributed by atoms with E-state index in [9.17, 15) is 0 Å². The molecule has 0 amide bonds. The normalized spacial score (nSPS) is 16.2. The molecule has 1 atom stereocenters. The third kappa shape index (κ3) is 2.58. The summed E-state index contributed by atoms with van der Waals surface area (Å²) < 4.78 is 0. The van der Waals surface area contributed by atoms with Gasteiger partial charge in [0, 0.05) is 8.55 Å². The Morgan fingerprint density at radius 1 is 2.00 bits per heavy atom. The average Bonchev–Trinajstić information content (AvgIpc) is 1.65. The number of rotatable bonds is 2. The molecule has 0 saturated heterocycles. The molecule has 0 fully saturated rings. The molecule has 0 aliphatic rings. The lowest BCUT2D eigenvalue weighted by Crippen LogP contribution is -2.18. The van der Waals surface area contributed by atoms with Gasteiger partial charge in [0.15, 0.2) is 8.56 Å². The van der Waals surface area contributed by atoms with E-state index < -0.39 is 8.56 Å². The van der Waals surface area contributed by atoms with Gasteiger partial charge in [0.1, 0.15) is 0 Å². The molecule has 0 aromatic carbocycles. The summed E-state index contributed by atoms with van der Waals surface area (Å²) in [5.41, 5.74) is 1.76. The Kier molecular flexibility index (Phi) is 3.74. The van der Waals surface area contributed by atoms with Gasteiger partial charge in [0.05, 0.1) is 0 Å². The van der Waals surface area contributed by atoms with Gasteiger partial charge in [-0.15, -0.1) is 6.58 Å². The van der Waals surface area contributed by atoms with Gasteiger partial charge < -0.3 is 4.80 Å². The molecule has 4 heteroatoms. The molecular weight excluding hydrogens is 124 g/mol. The number of hydrogen-bond acceptors (Lipinski definition) is 1. The van der Waals surface area contributed by atoms with Crippen molar-refractivity contribution in [3.63, 3.8) is 0 Å². The molecule has 6 heavy (non-hydrogen) atoms. The first kappa shape index (κ1) is 6.35. The Balaban J connectivity index is 2.96. The van der Waals surface area contributed by atoms with Gasteiger partial charge in [0.25, 0.3) is 0 Å². The largest absolute Gasteiger partial charge is 0.434 e. The van der Waals surface area contributed by atoms with Crippen molar-refractivity contribution in [2.75, 3.05) is 0 Å². The molecule has 0 saturated carbocycles. The van der Waals surface area contributed by atoms with Crippen LogP contribution in [0.4, 0.5) is 0 Å². The molecule has 0 aliphatic heterocycles. The SMILES string of the molecule is C=C[SiH](O)[SiH2][SiH3]. The lowest BCUT2D eigenvalue weighted by molar-refractivity contribution is 0.606. The Morgan fingerprint density at radius 2 is 2.50 bits per heavy atom. The maximum Gasteiger partial charge on any atom is 0.172 e. The summed E-state index contributed by atoms with van der Waals surface area (Å²) in [7, 11) is 0.119. The Hall–Kier alpha value is 0.351. The summed E-state index contributed by atoms with van der Waals surface area (Å²) in [6.45, 7) is 3.50. The second-order valence-electron chi connectivity index (χ2n) is 1.21. The fraction of sp³-hybridized carbons (Fsp3) is 0. The molecule has 0 bridgehead atoms. The highest BCUT2D eigenvalue weighted by Crippen LogP contribution is 1.65. The van der Waals surface area contributed by atoms with Gasteiger partial charge in [-0.25, -0.2) is 0 Å². The van der Waals surface area contributed by atoms with Crippen LogP contribution in [0.3, 0.4) is 0 Å². The van der Waals surface area contributed by atoms with Crippen LogP contribution in [-0.4, -0.2) is 31.7 Å². The van der Waals surface area contributed by atoms with E-state index in [-0.39, 0.29) is 8.55 Å². The quantitative estimate of drug-likeness (QED) is 0.410. The van der Waals surface area contributed by atoms with Gasteiger partial charge in [-0.1, -0.05) is 5.70 Å². The van der Waals surface area contributed by atoms with Crippen LogP contribution >= 0.6 is 0 Å². The van der Waals surface area contributed by atoms with Gasteiger partial charge in [-0.05, 0) is 9.76 Å². The van der Waals surface area contributed by atoms with Crippen LogP contribution in [0, 0.1) is 0 Å². The van der Waals surface area contributed by atoms with Gasteiger partial charge in [-0.3, -0.25) is 0 Å². The fourth-order valence-corrected chi connectivity index (χ4v) is 4.50. The first-order chi connectivity index (χ1) is 2.81. The molecule has 1 unspecified atom stereocenters. The van der Waals surface area contributed by atoms with E-state index in [1.807, 2.05) is 0 Å². The third-order valence-electron chi connectivity index (χ3n) is 0.690. The summed E-state index contributed by atoms with van der Waals surface area (Å²) in [4.78, 5) is 8.78. The first-order valence-corrected chi connectivity index (χ1v) is 12.2. The van der Waals surface area contributed by atoms with Crippen LogP contribution in [0.5, 0.6) is 0 Å². The zero-order chi connectivity index (χ0) is 4.99. The van der Waals surface area contributed by atoms with E-state index in [0.717, 1.165) is 0 Å². The highest BCUT2D eigenvalue weighted by molar-refractivity contribution is 7.30. The van der Waals surface area contributed by atoms with Crippen LogP contribution in [0.25, 0.3) is 0 Å². The summed E-state index contributed by atoms with van der Waals surface area (Å²) in [5, 5.41) is 0. The van der Waals surface area contributed by atoms with E-state index in [2.05, 4.69) is 6.58 Å². The third-order valence-corrected chi connectivity index (χ3v) is 13.1. The minimum atomic E-state index is -1.20. The Morgan fingerprint density at radius 3 is 2.50 bits per heavy atom. The molecular formula is C2H10OSi3. The van der Waals surface area contributed by atoms with Crippen molar-refractivity contribution in [3.8, 4) is 0 Å². The molecule has 0 heterocycles. The summed E-state index contributed by atoms with van der Waals surface area (Å²) >= 11 is 0. The predicted octanol–water partition coefficient (Wildman–Crippen LogP) is -2.63. The van der Waals surface area contributed by atoms with Crippen molar-refractivity contribution in [1.29, 1.82) is 0 Å². The molecule has 0 radical (unpaired) electrons. The Bertz CT molecular complexity index is 46.1. The van der Waals surface area contributed by atoms with Crippen molar-refractivity contribution in [1.82, 2.24) is 0 Å². The smallest absolute Gasteiger partial charge is 0.172 e. The standard InChI is InChI=1S/C2H10OSi3/c1-2-6(3)5-4/h2-3,6H,1,5H2,4H3. The van der Waals surface area contributed by atoms with Crippen LogP contribution < -0.4 is 0 Å². The van der Waals surface area contributed by atoms with E-state index in [0.29, 0.717) is 0 Å². The van der Waals surface area contributed by atoms with E-state index >= 15 is 0 Å². The van der Waals surface area contributed by atoms with E-state index in [1.54, 1.807) is 5.70 Å². The van der Waals surface area contributed by atoms with Crippen molar-refractivity contribution in [3.05, 3.63) is 12.3 Å². The van der Waals surface area contributed by atoms with Crippen LogP contribution in [-0.2, 0) is 0 Å².